The van der Waals surface area contributed by atoms with E-state index < -0.39 is 0 Å². The summed E-state index contributed by atoms with van der Waals surface area (Å²) < 4.78 is 5.41. The van der Waals surface area contributed by atoms with E-state index in [9.17, 15) is 4.79 Å². The maximum absolute atomic E-state index is 12.7. The monoisotopic (exact) mass is 366 g/mol. The molecule has 27 heavy (non-hydrogen) atoms. The summed E-state index contributed by atoms with van der Waals surface area (Å²) in [5.41, 5.74) is 2.61. The van der Waals surface area contributed by atoms with Gasteiger partial charge in [-0.25, -0.2) is 9.97 Å². The van der Waals surface area contributed by atoms with E-state index >= 15 is 0 Å². The minimum absolute atomic E-state index is 0.130. The highest BCUT2D eigenvalue weighted by atomic mass is 16.5. The highest BCUT2D eigenvalue weighted by Crippen LogP contribution is 2.23. The number of hydrogen-bond acceptors (Lipinski definition) is 5. The first kappa shape index (κ1) is 17.9. The quantitative estimate of drug-likeness (QED) is 0.836. The number of aromatic nitrogens is 2. The van der Waals surface area contributed by atoms with Crippen molar-refractivity contribution in [1.29, 1.82) is 0 Å². The van der Waals surface area contributed by atoms with Crippen LogP contribution in [0.5, 0.6) is 0 Å². The molecule has 0 atom stereocenters. The molecule has 0 aliphatic carbocycles. The number of carbonyl (C=O) groups is 1. The number of benzene rings is 1. The number of anilines is 1. The molecule has 1 amide bonds. The molecule has 6 heteroatoms. The number of nitrogens with zero attached hydrogens (tertiary/aromatic N) is 4. The average Bonchev–Trinajstić information content (AvgIpc) is 2.75. The second-order valence-electron chi connectivity index (χ2n) is 7.41. The SMILES string of the molecule is CC1CCN(C(=O)c2ccc(-c3cc(N4CCOCC4)ncn3)cc2)CC1. The first-order chi connectivity index (χ1) is 13.2. The van der Waals surface area contributed by atoms with E-state index in [1.54, 1.807) is 6.33 Å². The van der Waals surface area contributed by atoms with Crippen LogP contribution in [0.2, 0.25) is 0 Å². The fourth-order valence-electron chi connectivity index (χ4n) is 3.65. The Kier molecular flexibility index (Phi) is 5.34. The van der Waals surface area contributed by atoms with Gasteiger partial charge in [-0.3, -0.25) is 4.79 Å². The molecule has 0 unspecified atom stereocenters. The van der Waals surface area contributed by atoms with Crippen molar-refractivity contribution in [2.45, 2.75) is 19.8 Å². The molecule has 2 fully saturated rings. The van der Waals surface area contributed by atoms with Crippen molar-refractivity contribution in [2.24, 2.45) is 5.92 Å². The van der Waals surface area contributed by atoms with Crippen molar-refractivity contribution in [3.63, 3.8) is 0 Å². The van der Waals surface area contributed by atoms with Crippen LogP contribution in [0.1, 0.15) is 30.1 Å². The zero-order chi connectivity index (χ0) is 18.6. The van der Waals surface area contributed by atoms with Crippen LogP contribution in [0.4, 0.5) is 5.82 Å². The molecule has 0 radical (unpaired) electrons. The van der Waals surface area contributed by atoms with Gasteiger partial charge in [0.1, 0.15) is 12.1 Å². The van der Waals surface area contributed by atoms with Gasteiger partial charge < -0.3 is 14.5 Å². The molecular formula is C21H26N4O2. The number of rotatable bonds is 3. The fourth-order valence-corrected chi connectivity index (χ4v) is 3.65. The maximum atomic E-state index is 12.7. The molecule has 0 N–H and O–H groups in total. The molecule has 142 valence electrons. The van der Waals surface area contributed by atoms with Crippen LogP contribution >= 0.6 is 0 Å². The highest BCUT2D eigenvalue weighted by Gasteiger charge is 2.21. The zero-order valence-corrected chi connectivity index (χ0v) is 15.8. The summed E-state index contributed by atoms with van der Waals surface area (Å²) >= 11 is 0. The predicted octanol–water partition coefficient (Wildman–Crippen LogP) is 2.85. The van der Waals surface area contributed by atoms with Crippen LogP contribution in [-0.2, 0) is 4.74 Å². The summed E-state index contributed by atoms with van der Waals surface area (Å²) in [5.74, 6) is 1.77. The van der Waals surface area contributed by atoms with Crippen molar-refractivity contribution in [2.75, 3.05) is 44.3 Å². The van der Waals surface area contributed by atoms with Crippen molar-refractivity contribution >= 4 is 11.7 Å². The van der Waals surface area contributed by atoms with Crippen molar-refractivity contribution < 1.29 is 9.53 Å². The lowest BCUT2D eigenvalue weighted by molar-refractivity contribution is 0.0697. The van der Waals surface area contributed by atoms with Gasteiger partial charge in [0.2, 0.25) is 0 Å². The second kappa shape index (κ2) is 8.05. The van der Waals surface area contributed by atoms with Gasteiger partial charge >= 0.3 is 0 Å². The number of amides is 1. The van der Waals surface area contributed by atoms with Crippen molar-refractivity contribution in [3.05, 3.63) is 42.2 Å². The summed E-state index contributed by atoms with van der Waals surface area (Å²) in [6.45, 7) is 7.12. The van der Waals surface area contributed by atoms with Crippen LogP contribution < -0.4 is 4.90 Å². The third-order valence-corrected chi connectivity index (χ3v) is 5.49. The van der Waals surface area contributed by atoms with E-state index in [0.29, 0.717) is 0 Å². The number of carbonyl (C=O) groups excluding carboxylic acids is 1. The van der Waals surface area contributed by atoms with Gasteiger partial charge in [0.25, 0.3) is 5.91 Å². The highest BCUT2D eigenvalue weighted by molar-refractivity contribution is 5.94. The first-order valence-corrected chi connectivity index (χ1v) is 9.75. The Bertz CT molecular complexity index is 779. The zero-order valence-electron chi connectivity index (χ0n) is 15.8. The standard InChI is InChI=1S/C21H26N4O2/c1-16-6-8-25(9-7-16)21(26)18-4-2-17(3-5-18)19-14-20(23-15-22-19)24-10-12-27-13-11-24/h2-5,14-16H,6-13H2,1H3. The van der Waals surface area contributed by atoms with E-state index in [4.69, 9.17) is 4.74 Å². The molecule has 0 saturated carbocycles. The molecule has 6 nitrogen and oxygen atoms in total. The predicted molar refractivity (Wildman–Crippen MR) is 105 cm³/mol. The van der Waals surface area contributed by atoms with Gasteiger partial charge in [0, 0.05) is 43.4 Å². The smallest absolute Gasteiger partial charge is 0.253 e. The van der Waals surface area contributed by atoms with Gasteiger partial charge in [-0.1, -0.05) is 19.1 Å². The summed E-state index contributed by atoms with van der Waals surface area (Å²) in [5, 5.41) is 0. The molecule has 2 aliphatic rings. The first-order valence-electron chi connectivity index (χ1n) is 9.75. The molecule has 0 spiro atoms. The Hall–Kier alpha value is -2.47. The minimum atomic E-state index is 0.130. The van der Waals surface area contributed by atoms with Crippen LogP contribution in [0, 0.1) is 5.92 Å². The Labute approximate surface area is 160 Å². The van der Waals surface area contributed by atoms with E-state index in [1.807, 2.05) is 35.2 Å². The van der Waals surface area contributed by atoms with Gasteiger partial charge in [-0.2, -0.15) is 0 Å². The van der Waals surface area contributed by atoms with Gasteiger partial charge in [-0.15, -0.1) is 0 Å². The average molecular weight is 366 g/mol. The molecule has 4 rings (SSSR count). The second-order valence-corrected chi connectivity index (χ2v) is 7.41. The van der Waals surface area contributed by atoms with E-state index in [2.05, 4.69) is 21.8 Å². The Balaban J connectivity index is 1.48. The lowest BCUT2D eigenvalue weighted by Gasteiger charge is -2.30. The van der Waals surface area contributed by atoms with Crippen molar-refractivity contribution in [1.82, 2.24) is 14.9 Å². The number of hydrogen-bond donors (Lipinski definition) is 0. The summed E-state index contributed by atoms with van der Waals surface area (Å²) in [6.07, 6.45) is 3.79. The van der Waals surface area contributed by atoms with E-state index in [1.165, 1.54) is 0 Å². The summed E-state index contributed by atoms with van der Waals surface area (Å²) in [6, 6.07) is 9.78. The largest absolute Gasteiger partial charge is 0.378 e. The minimum Gasteiger partial charge on any atom is -0.378 e. The number of morpholine rings is 1. The lowest BCUT2D eigenvalue weighted by atomic mass is 9.98. The molecule has 2 aromatic rings. The van der Waals surface area contributed by atoms with Crippen LogP contribution in [0.15, 0.2) is 36.7 Å². The molecule has 0 bridgehead atoms. The van der Waals surface area contributed by atoms with Crippen LogP contribution in [0.25, 0.3) is 11.3 Å². The molecule has 2 aliphatic heterocycles. The molecular weight excluding hydrogens is 340 g/mol. The fraction of sp³-hybridized carbons (Fsp3) is 0.476. The van der Waals surface area contributed by atoms with E-state index in [-0.39, 0.29) is 5.91 Å². The van der Waals surface area contributed by atoms with Gasteiger partial charge in [-0.05, 0) is 30.9 Å². The Morgan fingerprint density at radius 1 is 1.04 bits per heavy atom. The molecule has 1 aromatic heterocycles. The molecule has 3 heterocycles. The van der Waals surface area contributed by atoms with E-state index in [0.717, 1.165) is 80.8 Å². The Morgan fingerprint density at radius 2 is 1.74 bits per heavy atom. The number of ether oxygens (including phenoxy) is 1. The normalized spacial score (nSPS) is 18.6. The number of piperidine rings is 1. The van der Waals surface area contributed by atoms with Crippen LogP contribution in [-0.4, -0.2) is 60.2 Å². The van der Waals surface area contributed by atoms with Crippen LogP contribution in [0.3, 0.4) is 0 Å². The Morgan fingerprint density at radius 3 is 2.44 bits per heavy atom. The summed E-state index contributed by atoms with van der Waals surface area (Å²) in [4.78, 5) is 25.7. The van der Waals surface area contributed by atoms with Gasteiger partial charge in [0.15, 0.2) is 0 Å². The summed E-state index contributed by atoms with van der Waals surface area (Å²) in [7, 11) is 0. The molecule has 2 saturated heterocycles. The third kappa shape index (κ3) is 4.11. The maximum Gasteiger partial charge on any atom is 0.253 e. The van der Waals surface area contributed by atoms with Crippen molar-refractivity contribution in [3.8, 4) is 11.3 Å². The molecule has 1 aromatic carbocycles. The third-order valence-electron chi connectivity index (χ3n) is 5.49. The van der Waals surface area contributed by atoms with Gasteiger partial charge in [0.05, 0.1) is 18.9 Å². The number of likely N-dealkylation sites (tertiary alicyclic amines) is 1. The topological polar surface area (TPSA) is 58.6 Å². The lowest BCUT2D eigenvalue weighted by Crippen LogP contribution is -2.37.